The van der Waals surface area contributed by atoms with Crippen LogP contribution in [0.15, 0.2) is 0 Å². The number of hydrogen-bond acceptors (Lipinski definition) is 2. The van der Waals surface area contributed by atoms with Crippen LogP contribution in [0.4, 0.5) is 0 Å². The maximum atomic E-state index is 12.0. The van der Waals surface area contributed by atoms with Gasteiger partial charge in [-0.2, -0.15) is 0 Å². The Bertz CT molecular complexity index is 349. The molecule has 0 aliphatic heterocycles. The second-order valence-electron chi connectivity index (χ2n) is 7.34. The monoisotopic (exact) mass is 416 g/mol. The van der Waals surface area contributed by atoms with E-state index in [0.717, 1.165) is 0 Å². The van der Waals surface area contributed by atoms with Crippen LogP contribution in [0, 0.1) is 9.86 Å². The van der Waals surface area contributed by atoms with E-state index in [4.69, 9.17) is 4.74 Å². The molecule has 2 nitrogen and oxygen atoms in total. The molecule has 0 amide bonds. The molecule has 0 heterocycles. The predicted molar refractivity (Wildman–Crippen MR) is 98.5 cm³/mol. The molecule has 3 heteroatoms. The standard InChI is InChI=1S/C7H9O2.3C4H9.Sn/c1-5-6(8)9-7(2,3)4;3*1-3-4-2;/h2-4H3;3*1,3-4H2,2H3;. The number of unbranched alkanes of at least 4 members (excludes halogenated alkanes) is 3. The van der Waals surface area contributed by atoms with Crippen molar-refractivity contribution in [3.05, 3.63) is 0 Å². The molecule has 0 aliphatic carbocycles. The van der Waals surface area contributed by atoms with Gasteiger partial charge in [0, 0.05) is 0 Å². The van der Waals surface area contributed by atoms with Gasteiger partial charge < -0.3 is 0 Å². The van der Waals surface area contributed by atoms with Crippen molar-refractivity contribution >= 4 is 24.3 Å². The summed E-state index contributed by atoms with van der Waals surface area (Å²) in [6.45, 7) is 12.4. The van der Waals surface area contributed by atoms with Crippen molar-refractivity contribution in [1.82, 2.24) is 0 Å². The molecule has 0 spiro atoms. The first-order chi connectivity index (χ1) is 10.3. The predicted octanol–water partition coefficient (Wildman–Crippen LogP) is 5.72. The van der Waals surface area contributed by atoms with Crippen LogP contribution in [0.3, 0.4) is 0 Å². The van der Waals surface area contributed by atoms with Crippen molar-refractivity contribution in [2.45, 2.75) is 99.0 Å². The summed E-state index contributed by atoms with van der Waals surface area (Å²) < 4.78 is 12.8. The van der Waals surface area contributed by atoms with Gasteiger partial charge >= 0.3 is 143 Å². The molecule has 0 aromatic carbocycles. The maximum absolute atomic E-state index is 12.0. The number of carbonyl (C=O) groups is 1. The van der Waals surface area contributed by atoms with E-state index in [2.05, 4.69) is 30.6 Å². The summed E-state index contributed by atoms with van der Waals surface area (Å²) >= 11 is -2.51. The van der Waals surface area contributed by atoms with E-state index in [-0.39, 0.29) is 5.97 Å². The molecule has 0 unspecified atom stereocenters. The van der Waals surface area contributed by atoms with Crippen LogP contribution in [0.1, 0.15) is 80.1 Å². The topological polar surface area (TPSA) is 26.3 Å². The fraction of sp³-hybridized carbons (Fsp3) is 0.842. The molecule has 0 N–H and O–H groups in total. The van der Waals surface area contributed by atoms with Crippen LogP contribution in [0.2, 0.25) is 13.3 Å². The van der Waals surface area contributed by atoms with Gasteiger partial charge in [0.05, 0.1) is 0 Å². The zero-order chi connectivity index (χ0) is 17.1. The zero-order valence-electron chi connectivity index (χ0n) is 15.7. The van der Waals surface area contributed by atoms with Crippen LogP contribution < -0.4 is 0 Å². The zero-order valence-corrected chi connectivity index (χ0v) is 18.5. The van der Waals surface area contributed by atoms with Gasteiger partial charge in [0.25, 0.3) is 0 Å². The van der Waals surface area contributed by atoms with E-state index in [1.807, 2.05) is 20.8 Å². The average molecular weight is 415 g/mol. The van der Waals surface area contributed by atoms with E-state index < -0.39 is 24.0 Å². The summed E-state index contributed by atoms with van der Waals surface area (Å²) in [4.78, 5) is 12.0. The van der Waals surface area contributed by atoms with E-state index in [9.17, 15) is 4.79 Å². The van der Waals surface area contributed by atoms with Gasteiger partial charge in [-0.3, -0.25) is 0 Å². The molecule has 0 fully saturated rings. The van der Waals surface area contributed by atoms with Crippen LogP contribution in [0.5, 0.6) is 0 Å². The Morgan fingerprint density at radius 3 is 1.64 bits per heavy atom. The molecule has 0 aromatic rings. The quantitative estimate of drug-likeness (QED) is 0.274. The average Bonchev–Trinajstić information content (AvgIpc) is 2.44. The van der Waals surface area contributed by atoms with Crippen molar-refractivity contribution in [2.75, 3.05) is 0 Å². The molecule has 128 valence electrons. The molecule has 0 radical (unpaired) electrons. The van der Waals surface area contributed by atoms with E-state index in [0.29, 0.717) is 0 Å². The molecule has 0 saturated carbocycles. The minimum atomic E-state index is -2.51. The van der Waals surface area contributed by atoms with Crippen molar-refractivity contribution < 1.29 is 9.53 Å². The summed E-state index contributed by atoms with van der Waals surface area (Å²) in [5, 5.41) is 0. The van der Waals surface area contributed by atoms with E-state index in [1.54, 1.807) is 0 Å². The van der Waals surface area contributed by atoms with Crippen molar-refractivity contribution in [3.8, 4) is 9.86 Å². The number of ether oxygens (including phenoxy) is 1. The normalized spacial score (nSPS) is 11.7. The third kappa shape index (κ3) is 10.5. The number of rotatable bonds is 9. The number of hydrogen-bond donors (Lipinski definition) is 0. The van der Waals surface area contributed by atoms with Gasteiger partial charge in [0.15, 0.2) is 0 Å². The van der Waals surface area contributed by atoms with Crippen molar-refractivity contribution in [2.24, 2.45) is 0 Å². The SMILES string of the molecule is CCC[CH2][Sn]([C]#CC(=O)OC(C)(C)C)([CH2]CCC)[CH2]CCC. The molecule has 0 rings (SSSR count). The number of esters is 1. The van der Waals surface area contributed by atoms with Gasteiger partial charge in [0.2, 0.25) is 0 Å². The Labute approximate surface area is 142 Å². The second kappa shape index (κ2) is 11.4. The fourth-order valence-corrected chi connectivity index (χ4v) is 15.7. The van der Waals surface area contributed by atoms with Crippen molar-refractivity contribution in [3.63, 3.8) is 0 Å². The van der Waals surface area contributed by atoms with Gasteiger partial charge in [-0.1, -0.05) is 0 Å². The fourth-order valence-electron chi connectivity index (χ4n) is 2.60. The third-order valence-electron chi connectivity index (χ3n) is 3.86. The molecule has 22 heavy (non-hydrogen) atoms. The summed E-state index contributed by atoms with van der Waals surface area (Å²) in [6.07, 6.45) is 7.49. The second-order valence-corrected chi connectivity index (χ2v) is 19.6. The van der Waals surface area contributed by atoms with Gasteiger partial charge in [0.1, 0.15) is 0 Å². The third-order valence-corrected chi connectivity index (χ3v) is 16.9. The minimum absolute atomic E-state index is 0.335. The van der Waals surface area contributed by atoms with Crippen LogP contribution >= 0.6 is 0 Å². The van der Waals surface area contributed by atoms with Gasteiger partial charge in [-0.05, 0) is 0 Å². The van der Waals surface area contributed by atoms with E-state index >= 15 is 0 Å². The molecule has 0 bridgehead atoms. The first kappa shape index (κ1) is 21.8. The Morgan fingerprint density at radius 1 is 0.909 bits per heavy atom. The first-order valence-electron chi connectivity index (χ1n) is 9.04. The Morgan fingerprint density at radius 2 is 1.32 bits per heavy atom. The molecule has 0 atom stereocenters. The number of carbonyl (C=O) groups excluding carboxylic acids is 1. The molecular weight excluding hydrogens is 379 g/mol. The molecule has 0 saturated heterocycles. The van der Waals surface area contributed by atoms with Crippen molar-refractivity contribution in [1.29, 1.82) is 0 Å². The van der Waals surface area contributed by atoms with E-state index in [1.165, 1.54) is 51.8 Å². The summed E-state index contributed by atoms with van der Waals surface area (Å²) in [5.74, 6) is 2.55. The molecular formula is C19H36O2Sn. The summed E-state index contributed by atoms with van der Waals surface area (Å²) in [6, 6.07) is 0. The summed E-state index contributed by atoms with van der Waals surface area (Å²) in [7, 11) is 0. The molecule has 0 aromatic heterocycles. The Kier molecular flexibility index (Phi) is 11.3. The first-order valence-corrected chi connectivity index (χ1v) is 16.5. The van der Waals surface area contributed by atoms with Crippen LogP contribution in [-0.4, -0.2) is 29.9 Å². The Balaban J connectivity index is 5.11. The Hall–Kier alpha value is -0.171. The molecule has 0 aliphatic rings. The van der Waals surface area contributed by atoms with Gasteiger partial charge in [-0.25, -0.2) is 0 Å². The van der Waals surface area contributed by atoms with Crippen LogP contribution in [0.25, 0.3) is 0 Å². The van der Waals surface area contributed by atoms with Crippen LogP contribution in [-0.2, 0) is 9.53 Å². The van der Waals surface area contributed by atoms with Gasteiger partial charge in [-0.15, -0.1) is 0 Å². The summed E-state index contributed by atoms with van der Waals surface area (Å²) in [5.41, 5.74) is -0.444.